The van der Waals surface area contributed by atoms with Crippen molar-refractivity contribution in [2.24, 2.45) is 11.3 Å². The first-order valence-electron chi connectivity index (χ1n) is 5.33. The minimum Gasteiger partial charge on any atom is -0.300 e. The van der Waals surface area contributed by atoms with Gasteiger partial charge >= 0.3 is 0 Å². The fraction of sp³-hybridized carbons (Fsp3) is 0.917. The zero-order chi connectivity index (χ0) is 10.5. The Morgan fingerprint density at radius 1 is 1.31 bits per heavy atom. The van der Waals surface area contributed by atoms with Gasteiger partial charge in [-0.05, 0) is 24.7 Å². The lowest BCUT2D eigenvalue weighted by molar-refractivity contribution is -0.118. The molecule has 13 heavy (non-hydrogen) atoms. The third-order valence-corrected chi connectivity index (χ3v) is 2.36. The first-order valence-corrected chi connectivity index (χ1v) is 5.33. The Bertz CT molecular complexity index is 157. The molecule has 0 N–H and O–H groups in total. The zero-order valence-electron chi connectivity index (χ0n) is 9.81. The molecule has 0 aliphatic heterocycles. The number of carbonyl (C=O) groups is 1. The Hall–Kier alpha value is -0.330. The van der Waals surface area contributed by atoms with Gasteiger partial charge in [-0.15, -0.1) is 0 Å². The van der Waals surface area contributed by atoms with Crippen LogP contribution in [0.3, 0.4) is 0 Å². The predicted molar refractivity (Wildman–Crippen MR) is 57.8 cm³/mol. The van der Waals surface area contributed by atoms with E-state index in [0.29, 0.717) is 5.78 Å². The van der Waals surface area contributed by atoms with Crippen LogP contribution in [0.15, 0.2) is 0 Å². The fourth-order valence-electron chi connectivity index (χ4n) is 1.75. The molecule has 0 fully saturated rings. The first-order chi connectivity index (χ1) is 5.83. The number of ketones is 1. The maximum atomic E-state index is 11.0. The predicted octanol–water partition coefficient (Wildman–Crippen LogP) is 3.82. The van der Waals surface area contributed by atoms with Crippen LogP contribution in [0, 0.1) is 11.3 Å². The van der Waals surface area contributed by atoms with Crippen molar-refractivity contribution in [1.29, 1.82) is 0 Å². The lowest BCUT2D eigenvalue weighted by Crippen LogP contribution is -2.15. The summed E-state index contributed by atoms with van der Waals surface area (Å²) in [5.74, 6) is 1.10. The maximum absolute atomic E-state index is 11.0. The Balaban J connectivity index is 3.69. The van der Waals surface area contributed by atoms with Crippen LogP contribution >= 0.6 is 0 Å². The molecule has 0 aromatic rings. The highest BCUT2D eigenvalue weighted by atomic mass is 16.1. The van der Waals surface area contributed by atoms with Gasteiger partial charge in [0.2, 0.25) is 0 Å². The van der Waals surface area contributed by atoms with Gasteiger partial charge in [-0.25, -0.2) is 0 Å². The molecule has 0 spiro atoms. The second-order valence-corrected chi connectivity index (χ2v) is 5.33. The summed E-state index contributed by atoms with van der Waals surface area (Å²) in [4.78, 5) is 11.0. The molecule has 0 heterocycles. The van der Waals surface area contributed by atoms with E-state index in [-0.39, 0.29) is 5.41 Å². The Labute approximate surface area is 82.9 Å². The number of carbonyl (C=O) groups excluding carboxylic acids is 1. The molecular weight excluding hydrogens is 160 g/mol. The second kappa shape index (κ2) is 5.41. The summed E-state index contributed by atoms with van der Waals surface area (Å²) < 4.78 is 0. The normalized spacial score (nSPS) is 12.2. The van der Waals surface area contributed by atoms with Gasteiger partial charge in [0.1, 0.15) is 5.78 Å². The Morgan fingerprint density at radius 2 is 1.85 bits per heavy atom. The Morgan fingerprint density at radius 3 is 2.23 bits per heavy atom. The van der Waals surface area contributed by atoms with Crippen LogP contribution in [-0.2, 0) is 4.79 Å². The molecular formula is C12H24O. The van der Waals surface area contributed by atoms with Crippen LogP contribution in [0.5, 0.6) is 0 Å². The van der Waals surface area contributed by atoms with Crippen molar-refractivity contribution in [3.63, 3.8) is 0 Å². The molecule has 0 amide bonds. The van der Waals surface area contributed by atoms with Crippen LogP contribution < -0.4 is 0 Å². The summed E-state index contributed by atoms with van der Waals surface area (Å²) in [7, 11) is 0. The molecule has 0 aromatic carbocycles. The molecule has 0 saturated carbocycles. The molecule has 0 aliphatic rings. The van der Waals surface area contributed by atoms with Gasteiger partial charge in [0.15, 0.2) is 0 Å². The average molecular weight is 184 g/mol. The highest BCUT2D eigenvalue weighted by Crippen LogP contribution is 2.28. The van der Waals surface area contributed by atoms with Gasteiger partial charge in [-0.3, -0.25) is 0 Å². The monoisotopic (exact) mass is 184 g/mol. The third-order valence-electron chi connectivity index (χ3n) is 2.36. The van der Waals surface area contributed by atoms with Crippen molar-refractivity contribution in [2.45, 2.75) is 60.3 Å². The standard InChI is InChI=1S/C12H24O/c1-10(2)7-6-8-12(4,5)9-11(3)13/h10H,6-9H2,1-5H3. The molecule has 0 aromatic heterocycles. The van der Waals surface area contributed by atoms with Crippen molar-refractivity contribution in [2.75, 3.05) is 0 Å². The van der Waals surface area contributed by atoms with Gasteiger partial charge in [-0.2, -0.15) is 0 Å². The van der Waals surface area contributed by atoms with E-state index in [0.717, 1.165) is 12.3 Å². The summed E-state index contributed by atoms with van der Waals surface area (Å²) in [6.07, 6.45) is 4.43. The second-order valence-electron chi connectivity index (χ2n) is 5.33. The summed E-state index contributed by atoms with van der Waals surface area (Å²) >= 11 is 0. The molecule has 0 radical (unpaired) electrons. The van der Waals surface area contributed by atoms with E-state index >= 15 is 0 Å². The van der Waals surface area contributed by atoms with E-state index in [1.807, 2.05) is 0 Å². The average Bonchev–Trinajstić information content (AvgIpc) is 1.81. The van der Waals surface area contributed by atoms with Gasteiger partial charge in [-0.1, -0.05) is 40.5 Å². The van der Waals surface area contributed by atoms with Crippen molar-refractivity contribution >= 4 is 5.78 Å². The van der Waals surface area contributed by atoms with Gasteiger partial charge < -0.3 is 4.79 Å². The van der Waals surface area contributed by atoms with E-state index in [1.54, 1.807) is 6.92 Å². The van der Waals surface area contributed by atoms with E-state index in [9.17, 15) is 4.79 Å². The molecule has 78 valence electrons. The van der Waals surface area contributed by atoms with Crippen LogP contribution in [0.4, 0.5) is 0 Å². The quantitative estimate of drug-likeness (QED) is 0.613. The van der Waals surface area contributed by atoms with Crippen molar-refractivity contribution < 1.29 is 4.79 Å². The summed E-state index contributed by atoms with van der Waals surface area (Å²) in [6.45, 7) is 10.6. The smallest absolute Gasteiger partial charge is 0.130 e. The molecule has 0 aliphatic carbocycles. The number of rotatable bonds is 6. The molecule has 1 nitrogen and oxygen atoms in total. The topological polar surface area (TPSA) is 17.1 Å². The van der Waals surface area contributed by atoms with Crippen molar-refractivity contribution in [3.8, 4) is 0 Å². The SMILES string of the molecule is CC(=O)CC(C)(C)CCCC(C)C. The highest BCUT2D eigenvalue weighted by Gasteiger charge is 2.19. The molecule has 0 unspecified atom stereocenters. The lowest BCUT2D eigenvalue weighted by Gasteiger charge is -2.23. The maximum Gasteiger partial charge on any atom is 0.130 e. The van der Waals surface area contributed by atoms with Crippen LogP contribution in [0.1, 0.15) is 60.3 Å². The lowest BCUT2D eigenvalue weighted by atomic mass is 9.82. The number of hydrogen-bond donors (Lipinski definition) is 0. The fourth-order valence-corrected chi connectivity index (χ4v) is 1.75. The van der Waals surface area contributed by atoms with E-state index in [2.05, 4.69) is 27.7 Å². The van der Waals surface area contributed by atoms with Crippen LogP contribution in [-0.4, -0.2) is 5.78 Å². The molecule has 0 atom stereocenters. The van der Waals surface area contributed by atoms with E-state index in [4.69, 9.17) is 0 Å². The van der Waals surface area contributed by atoms with Crippen LogP contribution in [0.2, 0.25) is 0 Å². The van der Waals surface area contributed by atoms with Gasteiger partial charge in [0.05, 0.1) is 0 Å². The Kier molecular flexibility index (Phi) is 5.27. The van der Waals surface area contributed by atoms with Crippen molar-refractivity contribution in [1.82, 2.24) is 0 Å². The first kappa shape index (κ1) is 12.7. The number of Topliss-reactive ketones (excluding diaryl/α,β-unsaturated/α-hetero) is 1. The van der Waals surface area contributed by atoms with Crippen molar-refractivity contribution in [3.05, 3.63) is 0 Å². The highest BCUT2D eigenvalue weighted by molar-refractivity contribution is 5.76. The van der Waals surface area contributed by atoms with E-state index in [1.165, 1.54) is 19.3 Å². The minimum atomic E-state index is 0.209. The summed E-state index contributed by atoms with van der Waals surface area (Å²) in [5.41, 5.74) is 0.209. The van der Waals surface area contributed by atoms with Crippen LogP contribution in [0.25, 0.3) is 0 Å². The molecule has 0 rings (SSSR count). The molecule has 0 bridgehead atoms. The van der Waals surface area contributed by atoms with E-state index < -0.39 is 0 Å². The zero-order valence-corrected chi connectivity index (χ0v) is 9.81. The third kappa shape index (κ3) is 8.01. The minimum absolute atomic E-state index is 0.209. The van der Waals surface area contributed by atoms with Gasteiger partial charge in [0.25, 0.3) is 0 Å². The molecule has 1 heteroatoms. The molecule has 0 saturated heterocycles. The summed E-state index contributed by atoms with van der Waals surface area (Å²) in [5, 5.41) is 0. The summed E-state index contributed by atoms with van der Waals surface area (Å²) in [6, 6.07) is 0. The number of hydrogen-bond acceptors (Lipinski definition) is 1. The largest absolute Gasteiger partial charge is 0.300 e. The van der Waals surface area contributed by atoms with Gasteiger partial charge in [0, 0.05) is 6.42 Å².